The summed E-state index contributed by atoms with van der Waals surface area (Å²) < 4.78 is 43.0. The van der Waals surface area contributed by atoms with Crippen LogP contribution in [0.1, 0.15) is 18.4 Å². The zero-order valence-electron chi connectivity index (χ0n) is 13.3. The molecule has 0 radical (unpaired) electrons. The van der Waals surface area contributed by atoms with E-state index in [2.05, 4.69) is 4.98 Å². The summed E-state index contributed by atoms with van der Waals surface area (Å²) in [6.45, 7) is 0.894. The number of carbonyl (C=O) groups is 1. The summed E-state index contributed by atoms with van der Waals surface area (Å²) >= 11 is 1.63. The van der Waals surface area contributed by atoms with Crippen molar-refractivity contribution in [3.63, 3.8) is 0 Å². The second-order valence-electron chi connectivity index (χ2n) is 5.58. The molecule has 0 aromatic carbocycles. The van der Waals surface area contributed by atoms with E-state index in [1.54, 1.807) is 16.7 Å². The maximum absolute atomic E-state index is 12.5. The molecule has 5 nitrogen and oxygen atoms in total. The Morgan fingerprint density at radius 3 is 2.88 bits per heavy atom. The third kappa shape index (κ3) is 5.01. The van der Waals surface area contributed by atoms with Gasteiger partial charge in [-0.25, -0.2) is 4.98 Å². The van der Waals surface area contributed by atoms with Crippen molar-refractivity contribution in [1.29, 1.82) is 0 Å². The molecule has 2 heterocycles. The third-order valence-corrected chi connectivity index (χ3v) is 4.40. The summed E-state index contributed by atoms with van der Waals surface area (Å²) in [7, 11) is 0. The molecule has 1 aromatic heterocycles. The molecule has 1 unspecified atom stereocenters. The van der Waals surface area contributed by atoms with Crippen molar-refractivity contribution in [3.8, 4) is 5.88 Å². The van der Waals surface area contributed by atoms with E-state index in [9.17, 15) is 18.0 Å². The number of ether oxygens (including phenoxy) is 1. The molecule has 0 spiro atoms. The number of amides is 1. The van der Waals surface area contributed by atoms with Gasteiger partial charge < -0.3 is 15.4 Å². The smallest absolute Gasteiger partial charge is 0.417 e. The fourth-order valence-electron chi connectivity index (χ4n) is 2.42. The number of hydrogen-bond donors (Lipinski definition) is 1. The maximum atomic E-state index is 12.5. The van der Waals surface area contributed by atoms with Crippen LogP contribution in [0.3, 0.4) is 0 Å². The molecule has 1 aliphatic rings. The Hall–Kier alpha value is -1.48. The lowest BCUT2D eigenvalue weighted by atomic mass is 10.2. The predicted octanol–water partition coefficient (Wildman–Crippen LogP) is 2.16. The van der Waals surface area contributed by atoms with Gasteiger partial charge in [-0.05, 0) is 24.5 Å². The zero-order chi connectivity index (χ0) is 17.7. The van der Waals surface area contributed by atoms with Crippen molar-refractivity contribution in [2.24, 2.45) is 5.73 Å². The molecule has 1 aliphatic heterocycles. The van der Waals surface area contributed by atoms with Crippen molar-refractivity contribution in [2.75, 3.05) is 25.1 Å². The van der Waals surface area contributed by atoms with Crippen LogP contribution in [0.15, 0.2) is 18.3 Å². The lowest BCUT2D eigenvalue weighted by molar-refractivity contribution is -0.138. The van der Waals surface area contributed by atoms with Gasteiger partial charge in [-0.3, -0.25) is 4.79 Å². The topological polar surface area (TPSA) is 68.5 Å². The van der Waals surface area contributed by atoms with E-state index in [0.29, 0.717) is 25.9 Å². The SMILES string of the molecule is CSCC[C@H](N)C(=O)N1CCC(Oc2ccc(C(F)(F)F)cn2)C1. The van der Waals surface area contributed by atoms with Crippen molar-refractivity contribution in [3.05, 3.63) is 23.9 Å². The minimum absolute atomic E-state index is 0.115. The Bertz CT molecular complexity index is 554. The van der Waals surface area contributed by atoms with Crippen LogP contribution >= 0.6 is 11.8 Å². The number of nitrogens with two attached hydrogens (primary N) is 1. The molecule has 2 rings (SSSR count). The van der Waals surface area contributed by atoms with Crippen LogP contribution in [-0.2, 0) is 11.0 Å². The van der Waals surface area contributed by atoms with Crippen molar-refractivity contribution < 1.29 is 22.7 Å². The summed E-state index contributed by atoms with van der Waals surface area (Å²) in [5.41, 5.74) is 5.05. The summed E-state index contributed by atoms with van der Waals surface area (Å²) in [6.07, 6.45) is -0.799. The van der Waals surface area contributed by atoms with Gasteiger partial charge in [0.25, 0.3) is 0 Å². The van der Waals surface area contributed by atoms with Crippen molar-refractivity contribution in [1.82, 2.24) is 9.88 Å². The highest BCUT2D eigenvalue weighted by Gasteiger charge is 2.32. The number of hydrogen-bond acceptors (Lipinski definition) is 5. The largest absolute Gasteiger partial charge is 0.472 e. The minimum Gasteiger partial charge on any atom is -0.472 e. The number of likely N-dealkylation sites (tertiary alicyclic amines) is 1. The number of aromatic nitrogens is 1. The summed E-state index contributed by atoms with van der Waals surface area (Å²) in [6, 6.07) is 1.59. The number of alkyl halides is 3. The van der Waals surface area contributed by atoms with E-state index in [-0.39, 0.29) is 17.9 Å². The van der Waals surface area contributed by atoms with E-state index in [4.69, 9.17) is 10.5 Å². The van der Waals surface area contributed by atoms with Gasteiger partial charge in [0.15, 0.2) is 0 Å². The molecule has 0 aliphatic carbocycles. The first-order valence-corrected chi connectivity index (χ1v) is 8.94. The fraction of sp³-hybridized carbons (Fsp3) is 0.600. The Morgan fingerprint density at radius 1 is 1.54 bits per heavy atom. The highest BCUT2D eigenvalue weighted by molar-refractivity contribution is 7.98. The number of rotatable bonds is 6. The number of pyridine rings is 1. The van der Waals surface area contributed by atoms with Gasteiger partial charge in [-0.1, -0.05) is 0 Å². The van der Waals surface area contributed by atoms with Gasteiger partial charge in [-0.2, -0.15) is 24.9 Å². The first-order valence-electron chi connectivity index (χ1n) is 7.54. The predicted molar refractivity (Wildman–Crippen MR) is 85.8 cm³/mol. The fourth-order valence-corrected chi connectivity index (χ4v) is 2.91. The summed E-state index contributed by atoms with van der Waals surface area (Å²) in [5, 5.41) is 0. The molecule has 1 amide bonds. The van der Waals surface area contributed by atoms with E-state index in [0.717, 1.165) is 18.0 Å². The van der Waals surface area contributed by atoms with Crippen LogP contribution in [0, 0.1) is 0 Å². The molecule has 2 N–H and O–H groups in total. The van der Waals surface area contributed by atoms with E-state index in [1.807, 2.05) is 6.26 Å². The monoisotopic (exact) mass is 363 g/mol. The lowest BCUT2D eigenvalue weighted by Crippen LogP contribution is -2.43. The van der Waals surface area contributed by atoms with Gasteiger partial charge in [0.05, 0.1) is 18.2 Å². The van der Waals surface area contributed by atoms with E-state index >= 15 is 0 Å². The van der Waals surface area contributed by atoms with Crippen LogP contribution < -0.4 is 10.5 Å². The molecule has 0 saturated carbocycles. The Kier molecular flexibility index (Phi) is 6.34. The van der Waals surface area contributed by atoms with Gasteiger partial charge in [0, 0.05) is 25.2 Å². The molecular formula is C15H20F3N3O2S. The molecule has 2 atom stereocenters. The zero-order valence-corrected chi connectivity index (χ0v) is 14.1. The van der Waals surface area contributed by atoms with Crippen LogP contribution in [0.5, 0.6) is 5.88 Å². The molecule has 1 saturated heterocycles. The summed E-state index contributed by atoms with van der Waals surface area (Å²) in [5.74, 6) is 0.820. The average molecular weight is 363 g/mol. The number of carbonyl (C=O) groups excluding carboxylic acids is 1. The molecule has 9 heteroatoms. The average Bonchev–Trinajstić information content (AvgIpc) is 3.00. The standard InChI is InChI=1S/C15H20F3N3O2S/c1-24-7-5-12(19)14(22)21-6-4-11(9-21)23-13-3-2-10(8-20-13)15(16,17)18/h2-3,8,11-12H,4-7,9,19H2,1H3/t11?,12-/m0/s1. The second-order valence-corrected chi connectivity index (χ2v) is 6.57. The maximum Gasteiger partial charge on any atom is 0.417 e. The van der Waals surface area contributed by atoms with E-state index < -0.39 is 17.8 Å². The van der Waals surface area contributed by atoms with Crippen LogP contribution in [0.2, 0.25) is 0 Å². The van der Waals surface area contributed by atoms with Crippen molar-refractivity contribution in [2.45, 2.75) is 31.2 Å². The Morgan fingerprint density at radius 2 is 2.29 bits per heavy atom. The normalized spacial score (nSPS) is 19.4. The first-order chi connectivity index (χ1) is 11.3. The first kappa shape index (κ1) is 18.9. The molecule has 134 valence electrons. The van der Waals surface area contributed by atoms with Crippen LogP contribution in [-0.4, -0.2) is 53.0 Å². The Labute approximate surface area is 142 Å². The lowest BCUT2D eigenvalue weighted by Gasteiger charge is -2.20. The van der Waals surface area contributed by atoms with Gasteiger partial charge in [0.2, 0.25) is 11.8 Å². The minimum atomic E-state index is -4.42. The van der Waals surface area contributed by atoms with Gasteiger partial charge in [-0.15, -0.1) is 0 Å². The second kappa shape index (κ2) is 8.06. The number of thioether (sulfide) groups is 1. The van der Waals surface area contributed by atoms with Gasteiger partial charge in [0.1, 0.15) is 6.10 Å². The van der Waals surface area contributed by atoms with Gasteiger partial charge >= 0.3 is 6.18 Å². The Balaban J connectivity index is 1.86. The molecule has 24 heavy (non-hydrogen) atoms. The molecule has 1 fully saturated rings. The number of halogens is 3. The third-order valence-electron chi connectivity index (χ3n) is 3.76. The molecular weight excluding hydrogens is 343 g/mol. The summed E-state index contributed by atoms with van der Waals surface area (Å²) in [4.78, 5) is 17.5. The quantitative estimate of drug-likeness (QED) is 0.839. The van der Waals surface area contributed by atoms with Crippen LogP contribution in [0.25, 0.3) is 0 Å². The molecule has 0 bridgehead atoms. The highest BCUT2D eigenvalue weighted by Crippen LogP contribution is 2.29. The number of nitrogens with zero attached hydrogens (tertiary/aromatic N) is 2. The van der Waals surface area contributed by atoms with Crippen molar-refractivity contribution >= 4 is 17.7 Å². The van der Waals surface area contributed by atoms with Crippen LogP contribution in [0.4, 0.5) is 13.2 Å². The highest BCUT2D eigenvalue weighted by atomic mass is 32.2. The molecule has 1 aromatic rings. The van der Waals surface area contributed by atoms with E-state index in [1.165, 1.54) is 6.07 Å².